The summed E-state index contributed by atoms with van der Waals surface area (Å²) in [5.41, 5.74) is 2.05. The fraction of sp³-hybridized carbons (Fsp3) is 0.0769. The summed E-state index contributed by atoms with van der Waals surface area (Å²) in [5.74, 6) is -0.175. The van der Waals surface area contributed by atoms with Gasteiger partial charge in [0.15, 0.2) is 0 Å². The Labute approximate surface area is 93.8 Å². The Hall–Kier alpha value is -2.16. The monoisotopic (exact) mass is 212 g/mol. The molecule has 0 aliphatic heterocycles. The molecular weight excluding hydrogens is 200 g/mol. The maximum Gasteiger partial charge on any atom is 0.256 e. The van der Waals surface area contributed by atoms with Gasteiger partial charge >= 0.3 is 0 Å². The Morgan fingerprint density at radius 2 is 2.12 bits per heavy atom. The van der Waals surface area contributed by atoms with Gasteiger partial charge in [0.25, 0.3) is 5.91 Å². The van der Waals surface area contributed by atoms with Crippen molar-refractivity contribution >= 4 is 16.8 Å². The number of para-hydroxylation sites is 1. The highest BCUT2D eigenvalue weighted by Crippen LogP contribution is 2.12. The van der Waals surface area contributed by atoms with Crippen molar-refractivity contribution in [3.8, 4) is 0 Å². The van der Waals surface area contributed by atoms with Gasteiger partial charge in [-0.1, -0.05) is 24.8 Å². The van der Waals surface area contributed by atoms with Crippen LogP contribution in [0, 0.1) is 0 Å². The summed E-state index contributed by atoms with van der Waals surface area (Å²) in [5, 5.41) is 3.61. The second kappa shape index (κ2) is 4.14. The molecule has 0 bridgehead atoms. The van der Waals surface area contributed by atoms with Gasteiger partial charge in [0.2, 0.25) is 0 Å². The third kappa shape index (κ3) is 2.08. The van der Waals surface area contributed by atoms with E-state index >= 15 is 0 Å². The van der Waals surface area contributed by atoms with E-state index in [0.29, 0.717) is 11.3 Å². The van der Waals surface area contributed by atoms with Gasteiger partial charge in [-0.3, -0.25) is 9.78 Å². The van der Waals surface area contributed by atoms with Crippen LogP contribution in [-0.4, -0.2) is 10.9 Å². The maximum absolute atomic E-state index is 11.7. The molecule has 0 unspecified atom stereocenters. The van der Waals surface area contributed by atoms with Gasteiger partial charge in [-0.05, 0) is 19.1 Å². The van der Waals surface area contributed by atoms with Crippen molar-refractivity contribution in [2.24, 2.45) is 0 Å². The predicted molar refractivity (Wildman–Crippen MR) is 64.0 cm³/mol. The van der Waals surface area contributed by atoms with Crippen LogP contribution in [0.1, 0.15) is 17.3 Å². The lowest BCUT2D eigenvalue weighted by atomic mass is 10.1. The Kier molecular flexibility index (Phi) is 2.68. The molecule has 16 heavy (non-hydrogen) atoms. The van der Waals surface area contributed by atoms with Crippen molar-refractivity contribution < 1.29 is 4.79 Å². The number of benzene rings is 1. The number of rotatable bonds is 2. The molecule has 0 aliphatic rings. The number of pyridine rings is 1. The van der Waals surface area contributed by atoms with Gasteiger partial charge in [-0.2, -0.15) is 0 Å². The first kappa shape index (κ1) is 10.4. The molecule has 2 rings (SSSR count). The lowest BCUT2D eigenvalue weighted by molar-refractivity contribution is 0.0966. The van der Waals surface area contributed by atoms with Crippen LogP contribution in [0.15, 0.2) is 48.8 Å². The fourth-order valence-electron chi connectivity index (χ4n) is 1.46. The zero-order valence-electron chi connectivity index (χ0n) is 9.03. The standard InChI is InChI=1S/C13H12N2O/c1-9(2)15-13(16)11-7-10-5-3-4-6-12(10)14-8-11/h3-8H,1H2,2H3,(H,15,16). The van der Waals surface area contributed by atoms with E-state index in [4.69, 9.17) is 0 Å². The number of fused-ring (bicyclic) bond motifs is 1. The van der Waals surface area contributed by atoms with E-state index in [1.54, 1.807) is 13.1 Å². The molecule has 0 radical (unpaired) electrons. The SMILES string of the molecule is C=C(C)NC(=O)c1cnc2ccccc2c1. The van der Waals surface area contributed by atoms with Crippen LogP contribution >= 0.6 is 0 Å². The molecular formula is C13H12N2O. The molecule has 1 heterocycles. The van der Waals surface area contributed by atoms with E-state index in [-0.39, 0.29) is 5.91 Å². The quantitative estimate of drug-likeness (QED) is 0.831. The minimum Gasteiger partial charge on any atom is -0.327 e. The van der Waals surface area contributed by atoms with Crippen LogP contribution in [0.3, 0.4) is 0 Å². The van der Waals surface area contributed by atoms with Crippen LogP contribution in [0.4, 0.5) is 0 Å². The molecule has 0 aliphatic carbocycles. The predicted octanol–water partition coefficient (Wildman–Crippen LogP) is 2.50. The Bertz CT molecular complexity index is 561. The van der Waals surface area contributed by atoms with Crippen LogP contribution in [0.25, 0.3) is 10.9 Å². The van der Waals surface area contributed by atoms with Gasteiger partial charge in [-0.15, -0.1) is 0 Å². The highest BCUT2D eigenvalue weighted by Gasteiger charge is 2.06. The molecule has 1 amide bonds. The number of carbonyl (C=O) groups excluding carboxylic acids is 1. The van der Waals surface area contributed by atoms with Crippen LogP contribution in [-0.2, 0) is 0 Å². The van der Waals surface area contributed by atoms with Crippen molar-refractivity contribution in [2.75, 3.05) is 0 Å². The Balaban J connectivity index is 2.39. The van der Waals surface area contributed by atoms with Gasteiger partial charge in [0.1, 0.15) is 0 Å². The summed E-state index contributed by atoms with van der Waals surface area (Å²) in [6.45, 7) is 5.37. The molecule has 0 saturated carbocycles. The van der Waals surface area contributed by atoms with Gasteiger partial charge in [-0.25, -0.2) is 0 Å². The number of nitrogens with zero attached hydrogens (tertiary/aromatic N) is 1. The van der Waals surface area contributed by atoms with Crippen LogP contribution in [0.2, 0.25) is 0 Å². The summed E-state index contributed by atoms with van der Waals surface area (Å²) in [6, 6.07) is 9.50. The largest absolute Gasteiger partial charge is 0.327 e. The smallest absolute Gasteiger partial charge is 0.256 e. The minimum atomic E-state index is -0.175. The summed E-state index contributed by atoms with van der Waals surface area (Å²) in [4.78, 5) is 15.9. The zero-order valence-corrected chi connectivity index (χ0v) is 9.03. The van der Waals surface area contributed by atoms with Crippen molar-refractivity contribution in [1.29, 1.82) is 0 Å². The molecule has 1 aromatic carbocycles. The molecule has 2 aromatic rings. The molecule has 3 heteroatoms. The molecule has 0 spiro atoms. The van der Waals surface area contributed by atoms with E-state index in [2.05, 4.69) is 16.9 Å². The third-order valence-corrected chi connectivity index (χ3v) is 2.18. The van der Waals surface area contributed by atoms with Gasteiger partial charge in [0, 0.05) is 17.3 Å². The summed E-state index contributed by atoms with van der Waals surface area (Å²) < 4.78 is 0. The number of carbonyl (C=O) groups is 1. The van der Waals surface area contributed by atoms with Gasteiger partial charge < -0.3 is 5.32 Å². The van der Waals surface area contributed by atoms with E-state index < -0.39 is 0 Å². The Morgan fingerprint density at radius 1 is 1.38 bits per heavy atom. The topological polar surface area (TPSA) is 42.0 Å². The number of hydrogen-bond donors (Lipinski definition) is 1. The van der Waals surface area contributed by atoms with Crippen molar-refractivity contribution in [3.63, 3.8) is 0 Å². The first-order chi connectivity index (χ1) is 7.66. The number of aromatic nitrogens is 1. The summed E-state index contributed by atoms with van der Waals surface area (Å²) in [6.07, 6.45) is 1.57. The lowest BCUT2D eigenvalue weighted by Crippen LogP contribution is -2.20. The number of nitrogens with one attached hydrogen (secondary N) is 1. The second-order valence-electron chi connectivity index (χ2n) is 3.65. The van der Waals surface area contributed by atoms with Crippen molar-refractivity contribution in [1.82, 2.24) is 10.3 Å². The van der Waals surface area contributed by atoms with Crippen LogP contribution < -0.4 is 5.32 Å². The van der Waals surface area contributed by atoms with E-state index in [1.807, 2.05) is 30.3 Å². The molecule has 3 nitrogen and oxygen atoms in total. The maximum atomic E-state index is 11.7. The third-order valence-electron chi connectivity index (χ3n) is 2.18. The molecule has 1 aromatic heterocycles. The van der Waals surface area contributed by atoms with E-state index in [0.717, 1.165) is 10.9 Å². The zero-order chi connectivity index (χ0) is 11.5. The fourth-order valence-corrected chi connectivity index (χ4v) is 1.46. The normalized spacial score (nSPS) is 10.1. The summed E-state index contributed by atoms with van der Waals surface area (Å²) in [7, 11) is 0. The number of allylic oxidation sites excluding steroid dienone is 1. The molecule has 1 N–H and O–H groups in total. The average molecular weight is 212 g/mol. The molecule has 0 saturated heterocycles. The van der Waals surface area contributed by atoms with Gasteiger partial charge in [0.05, 0.1) is 11.1 Å². The number of hydrogen-bond acceptors (Lipinski definition) is 2. The first-order valence-electron chi connectivity index (χ1n) is 4.98. The minimum absolute atomic E-state index is 0.175. The van der Waals surface area contributed by atoms with Crippen molar-refractivity contribution in [3.05, 3.63) is 54.4 Å². The van der Waals surface area contributed by atoms with Crippen LogP contribution in [0.5, 0.6) is 0 Å². The first-order valence-corrected chi connectivity index (χ1v) is 4.98. The number of amides is 1. The Morgan fingerprint density at radius 3 is 2.88 bits per heavy atom. The second-order valence-corrected chi connectivity index (χ2v) is 3.65. The van der Waals surface area contributed by atoms with E-state index in [1.165, 1.54) is 0 Å². The lowest BCUT2D eigenvalue weighted by Gasteiger charge is -2.04. The molecule has 80 valence electrons. The van der Waals surface area contributed by atoms with Crippen molar-refractivity contribution in [2.45, 2.75) is 6.92 Å². The van der Waals surface area contributed by atoms with E-state index in [9.17, 15) is 4.79 Å². The average Bonchev–Trinajstić information content (AvgIpc) is 2.27. The summed E-state index contributed by atoms with van der Waals surface area (Å²) >= 11 is 0. The highest BCUT2D eigenvalue weighted by molar-refractivity contribution is 5.97. The molecule has 0 fully saturated rings. The molecule has 0 atom stereocenters. The highest BCUT2D eigenvalue weighted by atomic mass is 16.1.